The van der Waals surface area contributed by atoms with Crippen molar-refractivity contribution in [1.82, 2.24) is 0 Å². The Morgan fingerprint density at radius 3 is 2.57 bits per heavy atom. The molecule has 0 spiro atoms. The van der Waals surface area contributed by atoms with Gasteiger partial charge in [-0.05, 0) is 56.9 Å². The smallest absolute Gasteiger partial charge is 0.0982 e. The minimum absolute atomic E-state index is 0.538. The molecule has 0 atom stereocenters. The van der Waals surface area contributed by atoms with Gasteiger partial charge in [0.1, 0.15) is 0 Å². The van der Waals surface area contributed by atoms with Gasteiger partial charge in [0.05, 0.1) is 11.9 Å². The summed E-state index contributed by atoms with van der Waals surface area (Å²) in [5.74, 6) is 2.21. The van der Waals surface area contributed by atoms with Gasteiger partial charge in [0.2, 0.25) is 0 Å². The van der Waals surface area contributed by atoms with Crippen LogP contribution in [-0.2, 0) is 4.74 Å². The average molecular weight is 194 g/mol. The lowest BCUT2D eigenvalue weighted by Gasteiger charge is -2.28. The highest BCUT2D eigenvalue weighted by Crippen LogP contribution is 2.29. The molecular formula is C13H22O. The van der Waals surface area contributed by atoms with Gasteiger partial charge in [-0.1, -0.05) is 6.92 Å². The van der Waals surface area contributed by atoms with Crippen LogP contribution < -0.4 is 0 Å². The van der Waals surface area contributed by atoms with Crippen LogP contribution in [0.25, 0.3) is 0 Å². The molecule has 14 heavy (non-hydrogen) atoms. The quantitative estimate of drug-likeness (QED) is 0.644. The molecule has 0 heterocycles. The van der Waals surface area contributed by atoms with Gasteiger partial charge in [-0.25, -0.2) is 0 Å². The highest BCUT2D eigenvalue weighted by Gasteiger charge is 2.20. The normalized spacial score (nSPS) is 33.6. The average Bonchev–Trinajstić information content (AvgIpc) is 2.23. The molecule has 1 nitrogen and oxygen atoms in total. The summed E-state index contributed by atoms with van der Waals surface area (Å²) in [7, 11) is 0. The summed E-state index contributed by atoms with van der Waals surface area (Å²) in [6.07, 6.45) is 13.2. The van der Waals surface area contributed by atoms with Crippen LogP contribution in [0.5, 0.6) is 0 Å². The van der Waals surface area contributed by atoms with E-state index in [4.69, 9.17) is 4.74 Å². The van der Waals surface area contributed by atoms with Crippen LogP contribution in [0.1, 0.15) is 58.3 Å². The summed E-state index contributed by atoms with van der Waals surface area (Å²) in [5.41, 5.74) is 0. The van der Waals surface area contributed by atoms with Crippen LogP contribution in [-0.4, -0.2) is 6.10 Å². The fourth-order valence-corrected chi connectivity index (χ4v) is 2.48. The van der Waals surface area contributed by atoms with Crippen LogP contribution in [0.15, 0.2) is 11.8 Å². The van der Waals surface area contributed by atoms with E-state index in [1.54, 1.807) is 0 Å². The molecule has 0 unspecified atom stereocenters. The van der Waals surface area contributed by atoms with Gasteiger partial charge < -0.3 is 4.74 Å². The maximum Gasteiger partial charge on any atom is 0.0982 e. The van der Waals surface area contributed by atoms with Crippen molar-refractivity contribution in [1.29, 1.82) is 0 Å². The first-order chi connectivity index (χ1) is 6.84. The van der Waals surface area contributed by atoms with E-state index in [0.717, 1.165) is 5.92 Å². The molecule has 0 radical (unpaired) electrons. The van der Waals surface area contributed by atoms with Gasteiger partial charge in [-0.15, -0.1) is 0 Å². The fourth-order valence-electron chi connectivity index (χ4n) is 2.48. The van der Waals surface area contributed by atoms with E-state index in [1.807, 2.05) is 0 Å². The molecular weight excluding hydrogens is 172 g/mol. The Kier molecular flexibility index (Phi) is 3.49. The molecule has 0 saturated heterocycles. The fraction of sp³-hybridized carbons (Fsp3) is 0.846. The maximum absolute atomic E-state index is 6.04. The van der Waals surface area contributed by atoms with Crippen molar-refractivity contribution in [3.63, 3.8) is 0 Å². The second kappa shape index (κ2) is 4.86. The second-order valence-electron chi connectivity index (χ2n) is 4.92. The van der Waals surface area contributed by atoms with Crippen LogP contribution in [0, 0.1) is 5.92 Å². The van der Waals surface area contributed by atoms with Gasteiger partial charge in [0, 0.05) is 6.42 Å². The number of rotatable bonds is 2. The zero-order valence-corrected chi connectivity index (χ0v) is 9.30. The van der Waals surface area contributed by atoms with E-state index in [9.17, 15) is 0 Å². The Labute approximate surface area is 87.5 Å². The number of ether oxygens (including phenoxy) is 1. The first-order valence-corrected chi connectivity index (χ1v) is 6.20. The van der Waals surface area contributed by atoms with Crippen molar-refractivity contribution in [3.8, 4) is 0 Å². The molecule has 0 bridgehead atoms. The molecule has 2 aliphatic rings. The number of hydrogen-bond acceptors (Lipinski definition) is 1. The lowest BCUT2D eigenvalue weighted by molar-refractivity contribution is 0.0624. The molecule has 0 aromatic carbocycles. The topological polar surface area (TPSA) is 9.23 Å². The number of hydrogen-bond donors (Lipinski definition) is 0. The predicted octanol–water partition coefficient (Wildman–Crippen LogP) is 4.04. The summed E-state index contributed by atoms with van der Waals surface area (Å²) < 4.78 is 6.04. The molecule has 1 fully saturated rings. The standard InChI is InChI=1S/C13H22O/c1-11-7-9-13(10-8-11)14-12-5-3-2-4-6-12/h5,11,13H,2-4,6-10H2,1H3. The molecule has 2 aliphatic carbocycles. The highest BCUT2D eigenvalue weighted by molar-refractivity contribution is 4.97. The first-order valence-electron chi connectivity index (χ1n) is 6.20. The van der Waals surface area contributed by atoms with E-state index in [0.29, 0.717) is 6.10 Å². The van der Waals surface area contributed by atoms with Gasteiger partial charge >= 0.3 is 0 Å². The molecule has 0 aromatic heterocycles. The first kappa shape index (κ1) is 10.1. The van der Waals surface area contributed by atoms with Crippen molar-refractivity contribution in [2.24, 2.45) is 5.92 Å². The monoisotopic (exact) mass is 194 g/mol. The van der Waals surface area contributed by atoms with E-state index in [1.165, 1.54) is 57.1 Å². The van der Waals surface area contributed by atoms with E-state index in [-0.39, 0.29) is 0 Å². The van der Waals surface area contributed by atoms with Crippen molar-refractivity contribution < 1.29 is 4.74 Å². The Hall–Kier alpha value is -0.460. The van der Waals surface area contributed by atoms with Gasteiger partial charge in [0.25, 0.3) is 0 Å². The maximum atomic E-state index is 6.04. The highest BCUT2D eigenvalue weighted by atomic mass is 16.5. The molecule has 1 heteroatoms. The van der Waals surface area contributed by atoms with Gasteiger partial charge in [-0.3, -0.25) is 0 Å². The third kappa shape index (κ3) is 2.76. The van der Waals surface area contributed by atoms with Gasteiger partial charge in [0.15, 0.2) is 0 Å². The number of allylic oxidation sites excluding steroid dienone is 2. The predicted molar refractivity (Wildman–Crippen MR) is 59.1 cm³/mol. The van der Waals surface area contributed by atoms with Crippen LogP contribution in [0.4, 0.5) is 0 Å². The van der Waals surface area contributed by atoms with Crippen molar-refractivity contribution in [2.75, 3.05) is 0 Å². The van der Waals surface area contributed by atoms with Crippen molar-refractivity contribution in [2.45, 2.75) is 64.4 Å². The summed E-state index contributed by atoms with van der Waals surface area (Å²) in [6.45, 7) is 2.36. The van der Waals surface area contributed by atoms with Crippen LogP contribution in [0.3, 0.4) is 0 Å². The summed E-state index contributed by atoms with van der Waals surface area (Å²) in [5, 5.41) is 0. The Morgan fingerprint density at radius 1 is 1.14 bits per heavy atom. The molecule has 0 N–H and O–H groups in total. The molecule has 0 aliphatic heterocycles. The summed E-state index contributed by atoms with van der Waals surface area (Å²) in [4.78, 5) is 0. The molecule has 1 saturated carbocycles. The van der Waals surface area contributed by atoms with Gasteiger partial charge in [-0.2, -0.15) is 0 Å². The van der Waals surface area contributed by atoms with E-state index < -0.39 is 0 Å². The largest absolute Gasteiger partial charge is 0.495 e. The van der Waals surface area contributed by atoms with E-state index in [2.05, 4.69) is 13.0 Å². The van der Waals surface area contributed by atoms with Crippen LogP contribution >= 0.6 is 0 Å². The third-order valence-corrected chi connectivity index (χ3v) is 3.53. The molecule has 0 aromatic rings. The zero-order valence-electron chi connectivity index (χ0n) is 9.30. The van der Waals surface area contributed by atoms with Crippen molar-refractivity contribution >= 4 is 0 Å². The lowest BCUT2D eigenvalue weighted by atomic mass is 9.89. The second-order valence-corrected chi connectivity index (χ2v) is 4.92. The Morgan fingerprint density at radius 2 is 1.93 bits per heavy atom. The molecule has 80 valence electrons. The molecule has 2 rings (SSSR count). The van der Waals surface area contributed by atoms with Crippen molar-refractivity contribution in [3.05, 3.63) is 11.8 Å². The zero-order chi connectivity index (χ0) is 9.80. The minimum atomic E-state index is 0.538. The Balaban J connectivity index is 1.77. The third-order valence-electron chi connectivity index (χ3n) is 3.53. The summed E-state index contributed by atoms with van der Waals surface area (Å²) >= 11 is 0. The SMILES string of the molecule is CC1CCC(OC2=CCCCC2)CC1. The minimum Gasteiger partial charge on any atom is -0.495 e. The van der Waals surface area contributed by atoms with E-state index >= 15 is 0 Å². The lowest BCUT2D eigenvalue weighted by Crippen LogP contribution is -2.20. The van der Waals surface area contributed by atoms with Crippen LogP contribution in [0.2, 0.25) is 0 Å². The summed E-state index contributed by atoms with van der Waals surface area (Å²) in [6, 6.07) is 0. The molecule has 0 amide bonds. The Bertz CT molecular complexity index is 199.